The second-order valence-corrected chi connectivity index (χ2v) is 3.20. The van der Waals surface area contributed by atoms with E-state index in [0.29, 0.717) is 17.9 Å². The molecule has 0 radical (unpaired) electrons. The molecule has 0 aliphatic carbocycles. The maximum atomic E-state index is 11.9. The number of benzene rings is 1. The predicted molar refractivity (Wildman–Crippen MR) is 56.1 cm³/mol. The van der Waals surface area contributed by atoms with Crippen LogP contribution < -0.4 is 4.74 Å². The first kappa shape index (κ1) is 10.4. The molecule has 0 atom stereocenters. The molecule has 0 amide bonds. The van der Waals surface area contributed by atoms with Crippen molar-refractivity contribution >= 4 is 11.8 Å². The third-order valence-electron chi connectivity index (χ3n) is 2.17. The van der Waals surface area contributed by atoms with Gasteiger partial charge in [0.2, 0.25) is 5.78 Å². The van der Waals surface area contributed by atoms with Crippen LogP contribution in [0.15, 0.2) is 36.1 Å². The topological polar surface area (TPSA) is 52.6 Å². The van der Waals surface area contributed by atoms with E-state index in [1.54, 1.807) is 31.2 Å². The molecule has 0 spiro atoms. The highest BCUT2D eigenvalue weighted by Gasteiger charge is 2.30. The Morgan fingerprint density at radius 1 is 1.31 bits per heavy atom. The molecule has 1 aromatic rings. The summed E-state index contributed by atoms with van der Waals surface area (Å²) in [5.74, 6) is -0.733. The van der Waals surface area contributed by atoms with Crippen LogP contribution in [0.1, 0.15) is 17.3 Å². The van der Waals surface area contributed by atoms with E-state index in [1.807, 2.05) is 0 Å². The molecule has 4 nitrogen and oxygen atoms in total. The lowest BCUT2D eigenvalue weighted by Crippen LogP contribution is -2.25. The number of rotatable bonds is 2. The number of ketones is 1. The molecule has 1 aromatic carbocycles. The molecule has 16 heavy (non-hydrogen) atoms. The number of esters is 1. The number of carbonyl (C=O) groups is 2. The molecule has 0 aromatic heterocycles. The Kier molecular flexibility index (Phi) is 2.72. The quantitative estimate of drug-likeness (QED) is 0.249. The van der Waals surface area contributed by atoms with Crippen LogP contribution in [0.4, 0.5) is 0 Å². The molecule has 82 valence electrons. The van der Waals surface area contributed by atoms with Gasteiger partial charge in [0.1, 0.15) is 17.6 Å². The molecule has 0 saturated carbocycles. The van der Waals surface area contributed by atoms with E-state index in [-0.39, 0.29) is 11.4 Å². The molecule has 2 rings (SSSR count). The molecule has 0 saturated heterocycles. The van der Waals surface area contributed by atoms with Crippen LogP contribution in [0.3, 0.4) is 0 Å². The summed E-state index contributed by atoms with van der Waals surface area (Å²) in [6.07, 6.45) is 1.15. The number of fused-ring (bicyclic) bond motifs is 1. The van der Waals surface area contributed by atoms with Crippen molar-refractivity contribution in [3.05, 3.63) is 41.7 Å². The Hall–Kier alpha value is -2.10. The maximum absolute atomic E-state index is 11.9. The van der Waals surface area contributed by atoms with Crippen LogP contribution in [-0.4, -0.2) is 18.4 Å². The minimum Gasteiger partial charge on any atom is -0.500 e. The van der Waals surface area contributed by atoms with Crippen LogP contribution in [0, 0.1) is 0 Å². The lowest BCUT2D eigenvalue weighted by Gasteiger charge is -2.15. The first-order valence-corrected chi connectivity index (χ1v) is 4.91. The highest BCUT2D eigenvalue weighted by atomic mass is 16.5. The molecule has 1 aliphatic heterocycles. The monoisotopic (exact) mass is 218 g/mol. The largest absolute Gasteiger partial charge is 0.500 e. The average Bonchev–Trinajstić information content (AvgIpc) is 2.29. The highest BCUT2D eigenvalue weighted by molar-refractivity contribution is 6.27. The summed E-state index contributed by atoms with van der Waals surface area (Å²) >= 11 is 0. The molecule has 1 aliphatic rings. The second kappa shape index (κ2) is 4.18. The minimum absolute atomic E-state index is 0.0689. The van der Waals surface area contributed by atoms with Gasteiger partial charge in [-0.2, -0.15) is 0 Å². The standard InChI is InChI=1S/C12H10O4/c1-2-15-7-9-11(13)8-5-3-4-6-10(8)16-12(9)14/h3-7H,2H2,1H3/b9-7+. The van der Waals surface area contributed by atoms with Crippen LogP contribution >= 0.6 is 0 Å². The van der Waals surface area contributed by atoms with Gasteiger partial charge in [-0.05, 0) is 19.1 Å². The molecule has 4 heteroatoms. The van der Waals surface area contributed by atoms with Crippen LogP contribution in [0.2, 0.25) is 0 Å². The third-order valence-corrected chi connectivity index (χ3v) is 2.17. The summed E-state index contributed by atoms with van der Waals surface area (Å²) in [6.45, 7) is 2.16. The van der Waals surface area contributed by atoms with Gasteiger partial charge in [0, 0.05) is 0 Å². The number of hydrogen-bond donors (Lipinski definition) is 0. The SMILES string of the molecule is CCO/C=C1/C(=O)Oc2ccccc2C1=O. The Labute approximate surface area is 92.5 Å². The van der Waals surface area contributed by atoms with Crippen molar-refractivity contribution in [1.29, 1.82) is 0 Å². The molecule has 1 heterocycles. The van der Waals surface area contributed by atoms with E-state index in [9.17, 15) is 9.59 Å². The van der Waals surface area contributed by atoms with Crippen LogP contribution in [0.25, 0.3) is 0 Å². The van der Waals surface area contributed by atoms with Crippen molar-refractivity contribution in [2.45, 2.75) is 6.92 Å². The van der Waals surface area contributed by atoms with E-state index >= 15 is 0 Å². The van der Waals surface area contributed by atoms with Gasteiger partial charge >= 0.3 is 5.97 Å². The summed E-state index contributed by atoms with van der Waals surface area (Å²) in [7, 11) is 0. The molecule has 0 N–H and O–H groups in total. The van der Waals surface area contributed by atoms with Crippen LogP contribution in [-0.2, 0) is 9.53 Å². The Bertz CT molecular complexity index is 474. The Balaban J connectivity index is 2.42. The van der Waals surface area contributed by atoms with Crippen molar-refractivity contribution in [2.75, 3.05) is 6.61 Å². The van der Waals surface area contributed by atoms with Gasteiger partial charge in [-0.25, -0.2) is 4.79 Å². The minimum atomic E-state index is -0.669. The first-order chi connectivity index (χ1) is 7.74. The van der Waals surface area contributed by atoms with Crippen molar-refractivity contribution in [3.63, 3.8) is 0 Å². The summed E-state index contributed by atoms with van der Waals surface area (Å²) in [6, 6.07) is 6.62. The van der Waals surface area contributed by atoms with Crippen molar-refractivity contribution in [2.24, 2.45) is 0 Å². The van der Waals surface area contributed by atoms with Gasteiger partial charge in [-0.3, -0.25) is 4.79 Å². The smallest absolute Gasteiger partial charge is 0.350 e. The van der Waals surface area contributed by atoms with E-state index in [2.05, 4.69) is 0 Å². The highest BCUT2D eigenvalue weighted by Crippen LogP contribution is 2.27. The van der Waals surface area contributed by atoms with Gasteiger partial charge in [0.05, 0.1) is 12.2 Å². The number of ether oxygens (including phenoxy) is 2. The van der Waals surface area contributed by atoms with Crippen molar-refractivity contribution < 1.29 is 19.1 Å². The number of hydrogen-bond acceptors (Lipinski definition) is 4. The fraction of sp³-hybridized carbons (Fsp3) is 0.167. The second-order valence-electron chi connectivity index (χ2n) is 3.20. The Morgan fingerprint density at radius 2 is 2.06 bits per heavy atom. The average molecular weight is 218 g/mol. The van der Waals surface area contributed by atoms with E-state index in [1.165, 1.54) is 0 Å². The molecule has 0 unspecified atom stereocenters. The first-order valence-electron chi connectivity index (χ1n) is 4.91. The van der Waals surface area contributed by atoms with E-state index < -0.39 is 5.97 Å². The molecular formula is C12H10O4. The maximum Gasteiger partial charge on any atom is 0.350 e. The fourth-order valence-electron chi connectivity index (χ4n) is 1.40. The van der Waals surface area contributed by atoms with E-state index in [0.717, 1.165) is 6.26 Å². The third kappa shape index (κ3) is 1.69. The van der Waals surface area contributed by atoms with Crippen molar-refractivity contribution in [3.8, 4) is 5.75 Å². The summed E-state index contributed by atoms with van der Waals surface area (Å²) in [5.41, 5.74) is 0.314. The van der Waals surface area contributed by atoms with E-state index in [4.69, 9.17) is 9.47 Å². The zero-order valence-electron chi connectivity index (χ0n) is 8.73. The van der Waals surface area contributed by atoms with Gasteiger partial charge in [-0.15, -0.1) is 0 Å². The van der Waals surface area contributed by atoms with Crippen LogP contribution in [0.5, 0.6) is 5.75 Å². The summed E-state index contributed by atoms with van der Waals surface area (Å²) < 4.78 is 9.95. The normalized spacial score (nSPS) is 16.9. The van der Waals surface area contributed by atoms with Crippen molar-refractivity contribution in [1.82, 2.24) is 0 Å². The number of carbonyl (C=O) groups excluding carboxylic acids is 2. The molecular weight excluding hydrogens is 208 g/mol. The fourth-order valence-corrected chi connectivity index (χ4v) is 1.40. The number of Topliss-reactive ketones (excluding diaryl/α,β-unsaturated/α-hetero) is 1. The number of para-hydroxylation sites is 1. The molecule has 0 bridgehead atoms. The molecule has 0 fully saturated rings. The van der Waals surface area contributed by atoms with Gasteiger partial charge in [-0.1, -0.05) is 12.1 Å². The zero-order chi connectivity index (χ0) is 11.5. The van der Waals surface area contributed by atoms with Gasteiger partial charge < -0.3 is 9.47 Å². The van der Waals surface area contributed by atoms with Gasteiger partial charge in [0.15, 0.2) is 0 Å². The Morgan fingerprint density at radius 3 is 2.81 bits per heavy atom. The summed E-state index contributed by atoms with van der Waals surface area (Å²) in [5, 5.41) is 0. The lowest BCUT2D eigenvalue weighted by atomic mass is 10.0. The predicted octanol–water partition coefficient (Wildman–Crippen LogP) is 1.71. The summed E-state index contributed by atoms with van der Waals surface area (Å²) in [4.78, 5) is 23.4. The lowest BCUT2D eigenvalue weighted by molar-refractivity contribution is -0.130. The zero-order valence-corrected chi connectivity index (χ0v) is 8.73. The van der Waals surface area contributed by atoms with Gasteiger partial charge in [0.25, 0.3) is 0 Å².